The number of aromatic nitrogens is 1. The molecule has 1 aromatic heterocycles. The number of nitrogens with zero attached hydrogens (tertiary/aromatic N) is 3. The summed E-state index contributed by atoms with van der Waals surface area (Å²) in [6.45, 7) is 5.07. The number of pyridine rings is 1. The van der Waals surface area contributed by atoms with Crippen LogP contribution in [0.1, 0.15) is 75.6 Å². The Kier molecular flexibility index (Phi) is 8.49. The number of rotatable bonds is 9. The van der Waals surface area contributed by atoms with Crippen LogP contribution in [0.15, 0.2) is 42.5 Å². The van der Waals surface area contributed by atoms with Crippen molar-refractivity contribution in [2.75, 3.05) is 29.9 Å². The molecule has 9 nitrogen and oxygen atoms in total. The van der Waals surface area contributed by atoms with Gasteiger partial charge in [-0.15, -0.1) is 0 Å². The van der Waals surface area contributed by atoms with Gasteiger partial charge in [0.05, 0.1) is 17.1 Å². The van der Waals surface area contributed by atoms with Crippen molar-refractivity contribution >= 4 is 40.2 Å². The number of nitrogens with one attached hydrogen (secondary N) is 2. The molecule has 2 N–H and O–H groups in total. The second kappa shape index (κ2) is 12.6. The molecule has 225 valence electrons. The Morgan fingerprint density at radius 3 is 2.53 bits per heavy atom. The van der Waals surface area contributed by atoms with Crippen molar-refractivity contribution < 1.29 is 19.1 Å². The van der Waals surface area contributed by atoms with Crippen molar-refractivity contribution in [3.8, 4) is 5.75 Å². The summed E-state index contributed by atoms with van der Waals surface area (Å²) in [7, 11) is 0. The van der Waals surface area contributed by atoms with E-state index in [-0.39, 0.29) is 11.8 Å². The number of para-hydroxylation sites is 1. The number of ether oxygens (including phenoxy) is 1. The zero-order valence-electron chi connectivity index (χ0n) is 25.1. The summed E-state index contributed by atoms with van der Waals surface area (Å²) in [6.07, 6.45) is 8.43. The third-order valence-electron chi connectivity index (χ3n) is 8.85. The van der Waals surface area contributed by atoms with E-state index in [9.17, 15) is 14.4 Å². The SMILES string of the molecule is CC(=O)N1CC[C]2c3cc(OC(=O)NCCCCCCNc4c5c(nc6ccccc46)CCCC5)ccc3N(C(C)=O)C21. The fraction of sp³-hybridized carbons (Fsp3) is 0.441. The van der Waals surface area contributed by atoms with Crippen molar-refractivity contribution in [3.05, 3.63) is 65.2 Å². The van der Waals surface area contributed by atoms with Gasteiger partial charge in [-0.25, -0.2) is 4.79 Å². The molecule has 43 heavy (non-hydrogen) atoms. The minimum atomic E-state index is -0.490. The number of anilines is 2. The highest BCUT2D eigenvalue weighted by atomic mass is 16.6. The van der Waals surface area contributed by atoms with Crippen molar-refractivity contribution in [1.29, 1.82) is 0 Å². The highest BCUT2D eigenvalue weighted by molar-refractivity contribution is 5.98. The normalized spacial score (nSPS) is 17.4. The molecule has 3 aromatic rings. The lowest BCUT2D eigenvalue weighted by molar-refractivity contribution is -0.130. The summed E-state index contributed by atoms with van der Waals surface area (Å²) < 4.78 is 5.57. The van der Waals surface area contributed by atoms with Crippen molar-refractivity contribution in [2.45, 2.75) is 77.8 Å². The summed E-state index contributed by atoms with van der Waals surface area (Å²) in [5.41, 5.74) is 6.60. The number of carbonyl (C=O) groups is 3. The molecule has 3 heterocycles. The molecule has 3 aliphatic rings. The molecule has 2 aliphatic heterocycles. The van der Waals surface area contributed by atoms with Crippen LogP contribution in [-0.2, 0) is 22.4 Å². The van der Waals surface area contributed by atoms with Gasteiger partial charge in [-0.2, -0.15) is 0 Å². The number of amides is 3. The first-order chi connectivity index (χ1) is 20.9. The van der Waals surface area contributed by atoms with E-state index in [1.165, 1.54) is 49.0 Å². The molecule has 9 heteroatoms. The Labute approximate surface area is 253 Å². The van der Waals surface area contributed by atoms with E-state index in [2.05, 4.69) is 34.9 Å². The van der Waals surface area contributed by atoms with Crippen LogP contribution in [0.25, 0.3) is 10.9 Å². The molecule has 1 aliphatic carbocycles. The highest BCUT2D eigenvalue weighted by Gasteiger charge is 2.49. The Bertz CT molecular complexity index is 1540. The summed E-state index contributed by atoms with van der Waals surface area (Å²) in [5.74, 6) is 1.25. The number of benzene rings is 2. The van der Waals surface area contributed by atoms with Crippen LogP contribution in [0.3, 0.4) is 0 Å². The summed E-state index contributed by atoms with van der Waals surface area (Å²) in [6, 6.07) is 13.7. The van der Waals surface area contributed by atoms with E-state index in [1.807, 2.05) is 0 Å². The second-order valence-corrected chi connectivity index (χ2v) is 11.7. The number of unbranched alkanes of at least 4 members (excludes halogenated alkanes) is 3. The molecule has 1 unspecified atom stereocenters. The van der Waals surface area contributed by atoms with Crippen LogP contribution < -0.4 is 20.3 Å². The van der Waals surface area contributed by atoms with E-state index in [0.717, 1.165) is 67.8 Å². The van der Waals surface area contributed by atoms with Crippen molar-refractivity contribution in [3.63, 3.8) is 0 Å². The molecule has 1 saturated heterocycles. The number of likely N-dealkylation sites (tertiary alicyclic amines) is 1. The van der Waals surface area contributed by atoms with Crippen LogP contribution in [0.2, 0.25) is 0 Å². The van der Waals surface area contributed by atoms with Crippen LogP contribution >= 0.6 is 0 Å². The lowest BCUT2D eigenvalue weighted by Crippen LogP contribution is -2.48. The highest BCUT2D eigenvalue weighted by Crippen LogP contribution is 2.48. The predicted octanol–water partition coefficient (Wildman–Crippen LogP) is 5.74. The molecule has 1 fully saturated rings. The van der Waals surface area contributed by atoms with E-state index in [1.54, 1.807) is 28.0 Å². The molecule has 1 atom stereocenters. The van der Waals surface area contributed by atoms with Gasteiger partial charge < -0.3 is 20.3 Å². The first kappa shape index (κ1) is 29.0. The number of hydrogen-bond donors (Lipinski definition) is 2. The minimum Gasteiger partial charge on any atom is -0.410 e. The maximum absolute atomic E-state index is 12.5. The first-order valence-electron chi connectivity index (χ1n) is 15.6. The summed E-state index contributed by atoms with van der Waals surface area (Å²) >= 11 is 0. The molecule has 0 saturated carbocycles. The van der Waals surface area contributed by atoms with E-state index < -0.39 is 12.3 Å². The van der Waals surface area contributed by atoms with Gasteiger partial charge in [0.2, 0.25) is 11.8 Å². The van der Waals surface area contributed by atoms with Crippen molar-refractivity contribution in [1.82, 2.24) is 15.2 Å². The summed E-state index contributed by atoms with van der Waals surface area (Å²) in [4.78, 5) is 45.4. The number of carbonyl (C=O) groups excluding carboxylic acids is 3. The Morgan fingerprint density at radius 2 is 1.72 bits per heavy atom. The van der Waals surface area contributed by atoms with Crippen LogP contribution in [0.4, 0.5) is 16.2 Å². The maximum Gasteiger partial charge on any atom is 0.412 e. The number of fused-ring (bicyclic) bond motifs is 5. The molecule has 0 spiro atoms. The fourth-order valence-electron chi connectivity index (χ4n) is 6.82. The molecule has 1 radical (unpaired) electrons. The third-order valence-corrected chi connectivity index (χ3v) is 8.85. The fourth-order valence-corrected chi connectivity index (χ4v) is 6.82. The van der Waals surface area contributed by atoms with E-state index in [4.69, 9.17) is 9.72 Å². The van der Waals surface area contributed by atoms with Crippen LogP contribution in [0.5, 0.6) is 5.75 Å². The summed E-state index contributed by atoms with van der Waals surface area (Å²) in [5, 5.41) is 7.80. The molecular formula is C34H40N5O4. The molecule has 6 rings (SSSR count). The molecular weight excluding hydrogens is 542 g/mol. The van der Waals surface area contributed by atoms with E-state index >= 15 is 0 Å². The standard InChI is InChI=1S/C34H40N5O4/c1-22(40)38-20-17-25-28-21-24(15-16-31(28)39(23(2)41)33(25)38)43-34(42)36-19-10-4-3-9-18-35-32-26-11-5-7-13-29(26)37-30-14-8-6-12-27(30)32/h5,7,11,13,15-16,21,33H,3-4,6,8-10,12,14,17-20H2,1-2H3,(H,35,37)(H,36,42). The van der Waals surface area contributed by atoms with Gasteiger partial charge in [0.25, 0.3) is 0 Å². The minimum absolute atomic E-state index is 0.0629. The monoisotopic (exact) mass is 582 g/mol. The van der Waals surface area contributed by atoms with Gasteiger partial charge in [-0.1, -0.05) is 31.0 Å². The Morgan fingerprint density at radius 1 is 0.930 bits per heavy atom. The average molecular weight is 583 g/mol. The van der Waals surface area contributed by atoms with Gasteiger partial charge in [0.1, 0.15) is 11.9 Å². The zero-order chi connectivity index (χ0) is 29.9. The molecule has 0 bridgehead atoms. The second-order valence-electron chi connectivity index (χ2n) is 11.7. The Hall–Kier alpha value is -4.14. The van der Waals surface area contributed by atoms with Gasteiger partial charge in [0.15, 0.2) is 0 Å². The number of hydrogen-bond acceptors (Lipinski definition) is 6. The van der Waals surface area contributed by atoms with Crippen LogP contribution in [0, 0.1) is 5.92 Å². The topological polar surface area (TPSA) is 104 Å². The first-order valence-corrected chi connectivity index (χ1v) is 15.6. The Balaban J connectivity index is 0.944. The van der Waals surface area contributed by atoms with Gasteiger partial charge in [-0.3, -0.25) is 19.5 Å². The average Bonchev–Trinajstić information content (AvgIpc) is 3.56. The maximum atomic E-state index is 12.5. The van der Waals surface area contributed by atoms with Gasteiger partial charge >= 0.3 is 6.09 Å². The zero-order valence-corrected chi connectivity index (χ0v) is 25.1. The quantitative estimate of drug-likeness (QED) is 0.312. The van der Waals surface area contributed by atoms with Gasteiger partial charge in [0, 0.05) is 50.2 Å². The largest absolute Gasteiger partial charge is 0.412 e. The third kappa shape index (κ3) is 5.90. The molecule has 3 amide bonds. The number of aryl methyl sites for hydroxylation is 1. The van der Waals surface area contributed by atoms with Crippen molar-refractivity contribution in [2.24, 2.45) is 0 Å². The predicted molar refractivity (Wildman–Crippen MR) is 167 cm³/mol. The smallest absolute Gasteiger partial charge is 0.410 e. The molecule has 2 aromatic carbocycles. The van der Waals surface area contributed by atoms with Crippen LogP contribution in [-0.4, -0.2) is 53.6 Å². The van der Waals surface area contributed by atoms with Gasteiger partial charge in [-0.05, 0) is 80.3 Å². The lowest BCUT2D eigenvalue weighted by atomic mass is 9.92. The van der Waals surface area contributed by atoms with E-state index in [0.29, 0.717) is 25.3 Å². The lowest BCUT2D eigenvalue weighted by Gasteiger charge is -2.31.